The molecule has 1 unspecified atom stereocenters. The maximum Gasteiger partial charge on any atom is 0.248 e. The van der Waals surface area contributed by atoms with Gasteiger partial charge in [-0.3, -0.25) is 9.59 Å². The first-order valence-electron chi connectivity index (χ1n) is 7.06. The van der Waals surface area contributed by atoms with Crippen LogP contribution in [0.3, 0.4) is 0 Å². The Hall–Kier alpha value is -1.11. The molecule has 2 amide bonds. The molecular weight excluding hydrogens is 280 g/mol. The summed E-state index contributed by atoms with van der Waals surface area (Å²) in [6.07, 6.45) is 4.81. The van der Waals surface area contributed by atoms with Crippen molar-refractivity contribution in [3.05, 3.63) is 0 Å². The molecule has 1 saturated carbocycles. The van der Waals surface area contributed by atoms with Crippen LogP contribution in [0.4, 0.5) is 0 Å². The van der Waals surface area contributed by atoms with Crippen LogP contribution >= 0.6 is 0 Å². The summed E-state index contributed by atoms with van der Waals surface area (Å²) in [6, 6.07) is -0.520. The second-order valence-corrected chi connectivity index (χ2v) is 8.20. The van der Waals surface area contributed by atoms with E-state index in [2.05, 4.69) is 5.32 Å². The summed E-state index contributed by atoms with van der Waals surface area (Å²) in [5.41, 5.74) is -0.727. The first-order valence-corrected chi connectivity index (χ1v) is 9.12. The number of nitrogens with one attached hydrogen (secondary N) is 1. The van der Waals surface area contributed by atoms with Crippen molar-refractivity contribution in [3.8, 4) is 0 Å². The van der Waals surface area contributed by atoms with Gasteiger partial charge in [0.1, 0.15) is 21.4 Å². The van der Waals surface area contributed by atoms with Gasteiger partial charge in [-0.15, -0.1) is 0 Å². The molecule has 1 saturated heterocycles. The molecule has 0 aromatic rings. The molecule has 1 heterocycles. The molecule has 1 aliphatic carbocycles. The number of sulfone groups is 1. The number of hydrogen-bond acceptors (Lipinski definition) is 4. The summed E-state index contributed by atoms with van der Waals surface area (Å²) in [5.74, 6) is -0.139. The number of rotatable bonds is 4. The molecule has 6 nitrogen and oxygen atoms in total. The van der Waals surface area contributed by atoms with E-state index in [-0.39, 0.29) is 17.6 Å². The van der Waals surface area contributed by atoms with Crippen LogP contribution in [0, 0.1) is 0 Å². The van der Waals surface area contributed by atoms with E-state index in [4.69, 9.17) is 0 Å². The number of amides is 2. The molecule has 7 heteroatoms. The smallest absolute Gasteiger partial charge is 0.248 e. The Bertz CT molecular complexity index is 508. The van der Waals surface area contributed by atoms with E-state index in [1.807, 2.05) is 0 Å². The van der Waals surface area contributed by atoms with Crippen molar-refractivity contribution in [3.63, 3.8) is 0 Å². The summed E-state index contributed by atoms with van der Waals surface area (Å²) in [5, 5.41) is 2.88. The quantitative estimate of drug-likeness (QED) is 0.797. The minimum atomic E-state index is -3.04. The molecule has 1 aliphatic heterocycles. The van der Waals surface area contributed by atoms with Crippen LogP contribution in [0.2, 0.25) is 0 Å². The van der Waals surface area contributed by atoms with Gasteiger partial charge in [-0.25, -0.2) is 8.42 Å². The maximum absolute atomic E-state index is 12.6. The van der Waals surface area contributed by atoms with Gasteiger partial charge < -0.3 is 10.2 Å². The zero-order chi connectivity index (χ0) is 15.0. The highest BCUT2D eigenvalue weighted by Crippen LogP contribution is 2.34. The SMILES string of the molecule is CC1C(=O)NC2(CCCC2)C(=O)N1CCCS(C)(=O)=O. The molecule has 1 atom stereocenters. The van der Waals surface area contributed by atoms with Crippen molar-refractivity contribution in [2.75, 3.05) is 18.6 Å². The van der Waals surface area contributed by atoms with Gasteiger partial charge in [-0.05, 0) is 26.2 Å². The zero-order valence-electron chi connectivity index (χ0n) is 12.0. The number of hydrogen-bond donors (Lipinski definition) is 1. The van der Waals surface area contributed by atoms with E-state index >= 15 is 0 Å². The highest BCUT2D eigenvalue weighted by atomic mass is 32.2. The molecule has 1 N–H and O–H groups in total. The van der Waals surface area contributed by atoms with Crippen molar-refractivity contribution in [1.29, 1.82) is 0 Å². The molecule has 1 spiro atoms. The second-order valence-electron chi connectivity index (χ2n) is 5.94. The van der Waals surface area contributed by atoms with E-state index in [0.717, 1.165) is 12.8 Å². The van der Waals surface area contributed by atoms with Crippen LogP contribution in [-0.2, 0) is 19.4 Å². The topological polar surface area (TPSA) is 83.6 Å². The fourth-order valence-electron chi connectivity index (χ4n) is 3.10. The summed E-state index contributed by atoms with van der Waals surface area (Å²) < 4.78 is 22.3. The van der Waals surface area contributed by atoms with Gasteiger partial charge in [0.2, 0.25) is 11.8 Å². The normalized spacial score (nSPS) is 26.1. The number of carbonyl (C=O) groups is 2. The lowest BCUT2D eigenvalue weighted by Crippen LogP contribution is -2.68. The predicted octanol–water partition coefficient (Wildman–Crippen LogP) is 0.0808. The molecule has 2 fully saturated rings. The first kappa shape index (κ1) is 15.3. The molecule has 2 rings (SSSR count). The van der Waals surface area contributed by atoms with Crippen LogP contribution in [0.25, 0.3) is 0 Å². The Balaban J connectivity index is 2.08. The Labute approximate surface area is 119 Å². The highest BCUT2D eigenvalue weighted by molar-refractivity contribution is 7.90. The average molecular weight is 302 g/mol. The van der Waals surface area contributed by atoms with Gasteiger partial charge in [0.15, 0.2) is 0 Å². The molecule has 0 radical (unpaired) electrons. The number of nitrogens with zero attached hydrogens (tertiary/aromatic N) is 1. The Kier molecular flexibility index (Phi) is 4.09. The van der Waals surface area contributed by atoms with E-state index in [9.17, 15) is 18.0 Å². The molecular formula is C13H22N2O4S. The summed E-state index contributed by atoms with van der Waals surface area (Å²) in [4.78, 5) is 26.2. The summed E-state index contributed by atoms with van der Waals surface area (Å²) in [7, 11) is -3.04. The van der Waals surface area contributed by atoms with Gasteiger partial charge >= 0.3 is 0 Å². The van der Waals surface area contributed by atoms with E-state index < -0.39 is 21.4 Å². The van der Waals surface area contributed by atoms with Gasteiger partial charge in [0.25, 0.3) is 0 Å². The third-order valence-corrected chi connectivity index (χ3v) is 5.28. The maximum atomic E-state index is 12.6. The lowest BCUT2D eigenvalue weighted by Gasteiger charge is -2.43. The number of piperazine rings is 1. The lowest BCUT2D eigenvalue weighted by molar-refractivity contribution is -0.154. The monoisotopic (exact) mass is 302 g/mol. The van der Waals surface area contributed by atoms with Gasteiger partial charge in [0, 0.05) is 12.8 Å². The summed E-state index contributed by atoms with van der Waals surface area (Å²) >= 11 is 0. The van der Waals surface area contributed by atoms with Crippen LogP contribution < -0.4 is 5.32 Å². The van der Waals surface area contributed by atoms with Crippen molar-refractivity contribution in [2.24, 2.45) is 0 Å². The van der Waals surface area contributed by atoms with E-state index in [1.54, 1.807) is 11.8 Å². The fraction of sp³-hybridized carbons (Fsp3) is 0.846. The van der Waals surface area contributed by atoms with Gasteiger partial charge in [-0.1, -0.05) is 12.8 Å². The standard InChI is InChI=1S/C13H22N2O4S/c1-10-11(16)14-13(6-3-4-7-13)12(17)15(10)8-5-9-20(2,18)19/h10H,3-9H2,1-2H3,(H,14,16). The third-order valence-electron chi connectivity index (χ3n) is 4.25. The van der Waals surface area contributed by atoms with Gasteiger partial charge in [0.05, 0.1) is 5.75 Å². The number of carbonyl (C=O) groups excluding carboxylic acids is 2. The fourth-order valence-corrected chi connectivity index (χ4v) is 3.75. The van der Waals surface area contributed by atoms with E-state index in [1.165, 1.54) is 6.26 Å². The van der Waals surface area contributed by atoms with Crippen molar-refractivity contribution >= 4 is 21.7 Å². The van der Waals surface area contributed by atoms with E-state index in [0.29, 0.717) is 25.8 Å². The Morgan fingerprint density at radius 1 is 1.30 bits per heavy atom. The van der Waals surface area contributed by atoms with Crippen molar-refractivity contribution in [2.45, 2.75) is 50.6 Å². The molecule has 114 valence electrons. The predicted molar refractivity (Wildman–Crippen MR) is 74.8 cm³/mol. The highest BCUT2D eigenvalue weighted by Gasteiger charge is 2.50. The van der Waals surface area contributed by atoms with Gasteiger partial charge in [-0.2, -0.15) is 0 Å². The minimum Gasteiger partial charge on any atom is -0.340 e. The first-order chi connectivity index (χ1) is 9.25. The molecule has 20 heavy (non-hydrogen) atoms. The molecule has 0 aromatic carbocycles. The van der Waals surface area contributed by atoms with Crippen molar-refractivity contribution in [1.82, 2.24) is 10.2 Å². The zero-order valence-corrected chi connectivity index (χ0v) is 12.8. The Morgan fingerprint density at radius 3 is 2.45 bits per heavy atom. The van der Waals surface area contributed by atoms with Crippen LogP contribution in [0.1, 0.15) is 39.0 Å². The molecule has 2 aliphatic rings. The third kappa shape index (κ3) is 2.97. The summed E-state index contributed by atoms with van der Waals surface area (Å²) in [6.45, 7) is 2.01. The van der Waals surface area contributed by atoms with Crippen LogP contribution in [0.15, 0.2) is 0 Å². The Morgan fingerprint density at radius 2 is 1.90 bits per heavy atom. The minimum absolute atomic E-state index is 0.0398. The van der Waals surface area contributed by atoms with Crippen molar-refractivity contribution < 1.29 is 18.0 Å². The van der Waals surface area contributed by atoms with Crippen LogP contribution in [0.5, 0.6) is 0 Å². The average Bonchev–Trinajstić information content (AvgIpc) is 2.79. The molecule has 0 bridgehead atoms. The largest absolute Gasteiger partial charge is 0.340 e. The second kappa shape index (κ2) is 5.35. The van der Waals surface area contributed by atoms with Crippen LogP contribution in [-0.4, -0.2) is 55.3 Å². The lowest BCUT2D eigenvalue weighted by atomic mass is 9.91. The molecule has 0 aromatic heterocycles.